The van der Waals surface area contributed by atoms with Gasteiger partial charge >= 0.3 is 0 Å². The number of rotatable bonds is 6. The van der Waals surface area contributed by atoms with Gasteiger partial charge < -0.3 is 5.73 Å². The molecule has 11 heteroatoms. The van der Waals surface area contributed by atoms with Crippen LogP contribution in [0.2, 0.25) is 0 Å². The van der Waals surface area contributed by atoms with Crippen LogP contribution in [0.3, 0.4) is 0 Å². The van der Waals surface area contributed by atoms with Crippen molar-refractivity contribution in [3.05, 3.63) is 71.3 Å². The van der Waals surface area contributed by atoms with E-state index in [1.807, 2.05) is 0 Å². The standard InChI is InChI=1S/C19H15F2N5O3S/c20-12-5-6-13(16(21)15(12)10-3-4-10)30(28,29)26-14-9-24-19(22)17(25-14)18(27)11-2-1-7-23-8-11/h1-2,5-10H,3-4H2,(H2,22,24)(H,25,26). The second kappa shape index (κ2) is 7.41. The summed E-state index contributed by atoms with van der Waals surface area (Å²) in [6.07, 6.45) is 4.95. The number of nitrogens with zero attached hydrogens (tertiary/aromatic N) is 3. The Morgan fingerprint density at radius 3 is 2.60 bits per heavy atom. The zero-order valence-corrected chi connectivity index (χ0v) is 16.2. The molecule has 1 aliphatic carbocycles. The molecule has 1 aromatic carbocycles. The summed E-state index contributed by atoms with van der Waals surface area (Å²) >= 11 is 0. The van der Waals surface area contributed by atoms with Crippen molar-refractivity contribution in [2.75, 3.05) is 10.5 Å². The molecule has 4 rings (SSSR count). The first-order valence-corrected chi connectivity index (χ1v) is 10.3. The molecule has 3 aromatic rings. The molecule has 0 atom stereocenters. The van der Waals surface area contributed by atoms with Crippen LogP contribution in [0.25, 0.3) is 0 Å². The lowest BCUT2D eigenvalue weighted by atomic mass is 10.1. The van der Waals surface area contributed by atoms with Crippen LogP contribution < -0.4 is 10.5 Å². The smallest absolute Gasteiger partial charge is 0.266 e. The molecule has 0 aliphatic heterocycles. The molecule has 0 amide bonds. The summed E-state index contributed by atoms with van der Waals surface area (Å²) in [5.74, 6) is -3.42. The lowest BCUT2D eigenvalue weighted by Crippen LogP contribution is -2.19. The number of sulfonamides is 1. The molecule has 1 fully saturated rings. The van der Waals surface area contributed by atoms with Gasteiger partial charge in [0.1, 0.15) is 16.5 Å². The zero-order chi connectivity index (χ0) is 21.5. The molecule has 2 aromatic heterocycles. The van der Waals surface area contributed by atoms with E-state index in [0.717, 1.165) is 18.3 Å². The Morgan fingerprint density at radius 2 is 1.93 bits per heavy atom. The van der Waals surface area contributed by atoms with Crippen LogP contribution in [0.1, 0.15) is 40.4 Å². The maximum atomic E-state index is 14.7. The number of halogens is 2. The minimum atomic E-state index is -4.47. The number of anilines is 2. The van der Waals surface area contributed by atoms with Crippen LogP contribution in [0, 0.1) is 11.6 Å². The first-order valence-electron chi connectivity index (χ1n) is 8.86. The minimum absolute atomic E-state index is 0.178. The number of nitrogens with one attached hydrogen (secondary N) is 1. The third kappa shape index (κ3) is 3.71. The maximum absolute atomic E-state index is 14.7. The Labute approximate surface area is 170 Å². The van der Waals surface area contributed by atoms with Gasteiger partial charge in [-0.25, -0.2) is 27.2 Å². The summed E-state index contributed by atoms with van der Waals surface area (Å²) in [4.78, 5) is 23.4. The van der Waals surface area contributed by atoms with Crippen molar-refractivity contribution < 1.29 is 22.0 Å². The Morgan fingerprint density at radius 1 is 1.17 bits per heavy atom. The molecule has 2 heterocycles. The van der Waals surface area contributed by atoms with E-state index in [0.29, 0.717) is 12.8 Å². The highest BCUT2D eigenvalue weighted by molar-refractivity contribution is 7.92. The highest BCUT2D eigenvalue weighted by atomic mass is 32.2. The van der Waals surface area contributed by atoms with Gasteiger partial charge in [0.2, 0.25) is 5.78 Å². The lowest BCUT2D eigenvalue weighted by Gasteiger charge is -2.12. The molecular formula is C19H15F2N5O3S. The van der Waals surface area contributed by atoms with Crippen molar-refractivity contribution in [2.45, 2.75) is 23.7 Å². The predicted octanol–water partition coefficient (Wildman–Crippen LogP) is 2.64. The number of nitrogen functional groups attached to an aromatic ring is 1. The van der Waals surface area contributed by atoms with E-state index in [-0.39, 0.29) is 34.4 Å². The van der Waals surface area contributed by atoms with E-state index in [9.17, 15) is 22.0 Å². The second-order valence-electron chi connectivity index (χ2n) is 6.71. The summed E-state index contributed by atoms with van der Waals surface area (Å²) in [5.41, 5.74) is 5.36. The fraction of sp³-hybridized carbons (Fsp3) is 0.158. The lowest BCUT2D eigenvalue weighted by molar-refractivity contribution is 0.103. The molecule has 0 bridgehead atoms. The van der Waals surface area contributed by atoms with Crippen LogP contribution in [0.4, 0.5) is 20.4 Å². The Balaban J connectivity index is 1.68. The third-order valence-corrected chi connectivity index (χ3v) is 5.92. The van der Waals surface area contributed by atoms with E-state index >= 15 is 0 Å². The molecule has 0 saturated heterocycles. The van der Waals surface area contributed by atoms with Gasteiger partial charge in [-0.15, -0.1) is 0 Å². The van der Waals surface area contributed by atoms with Gasteiger partial charge in [-0.2, -0.15) is 0 Å². The van der Waals surface area contributed by atoms with Crippen molar-refractivity contribution >= 4 is 27.4 Å². The van der Waals surface area contributed by atoms with Crippen LogP contribution in [0.5, 0.6) is 0 Å². The van der Waals surface area contributed by atoms with Gasteiger partial charge in [-0.3, -0.25) is 14.5 Å². The average Bonchev–Trinajstić information content (AvgIpc) is 3.54. The van der Waals surface area contributed by atoms with Crippen LogP contribution in [0.15, 0.2) is 47.8 Å². The van der Waals surface area contributed by atoms with Gasteiger partial charge in [0.05, 0.1) is 6.20 Å². The highest BCUT2D eigenvalue weighted by Gasteiger charge is 2.33. The summed E-state index contributed by atoms with van der Waals surface area (Å²) in [6, 6.07) is 4.78. The Hall–Kier alpha value is -3.47. The number of carbonyl (C=O) groups is 1. The fourth-order valence-electron chi connectivity index (χ4n) is 2.94. The number of pyridine rings is 1. The van der Waals surface area contributed by atoms with Crippen LogP contribution >= 0.6 is 0 Å². The number of carbonyl (C=O) groups excluding carboxylic acids is 1. The van der Waals surface area contributed by atoms with E-state index in [4.69, 9.17) is 5.73 Å². The van der Waals surface area contributed by atoms with Crippen molar-refractivity contribution in [3.8, 4) is 0 Å². The largest absolute Gasteiger partial charge is 0.382 e. The number of benzene rings is 1. The van der Waals surface area contributed by atoms with E-state index in [2.05, 4.69) is 19.7 Å². The topological polar surface area (TPSA) is 128 Å². The normalized spacial score (nSPS) is 13.8. The number of aromatic nitrogens is 3. The maximum Gasteiger partial charge on any atom is 0.266 e. The molecule has 0 spiro atoms. The summed E-state index contributed by atoms with van der Waals surface area (Å²) < 4.78 is 56.2. The van der Waals surface area contributed by atoms with E-state index < -0.39 is 32.3 Å². The SMILES string of the molecule is Nc1ncc(NS(=O)(=O)c2ccc(F)c(C3CC3)c2F)nc1C(=O)c1cccnc1. The molecule has 1 saturated carbocycles. The minimum Gasteiger partial charge on any atom is -0.382 e. The van der Waals surface area contributed by atoms with Crippen molar-refractivity contribution in [1.82, 2.24) is 15.0 Å². The molecule has 0 unspecified atom stereocenters. The molecule has 30 heavy (non-hydrogen) atoms. The highest BCUT2D eigenvalue weighted by Crippen LogP contribution is 2.43. The van der Waals surface area contributed by atoms with Gasteiger partial charge in [0.25, 0.3) is 10.0 Å². The monoisotopic (exact) mass is 431 g/mol. The van der Waals surface area contributed by atoms with Gasteiger partial charge in [0, 0.05) is 23.5 Å². The van der Waals surface area contributed by atoms with Crippen molar-refractivity contribution in [2.24, 2.45) is 0 Å². The van der Waals surface area contributed by atoms with Gasteiger partial charge in [-0.05, 0) is 43.0 Å². The fourth-order valence-corrected chi connectivity index (χ4v) is 4.02. The Bertz CT molecular complexity index is 1250. The van der Waals surface area contributed by atoms with E-state index in [1.165, 1.54) is 24.5 Å². The summed E-state index contributed by atoms with van der Waals surface area (Å²) in [6.45, 7) is 0. The molecule has 8 nitrogen and oxygen atoms in total. The van der Waals surface area contributed by atoms with Gasteiger partial charge in [-0.1, -0.05) is 0 Å². The number of hydrogen-bond acceptors (Lipinski definition) is 7. The Kier molecular flexibility index (Phi) is 4.90. The van der Waals surface area contributed by atoms with Gasteiger partial charge in [0.15, 0.2) is 17.3 Å². The first-order chi connectivity index (χ1) is 14.3. The predicted molar refractivity (Wildman–Crippen MR) is 103 cm³/mol. The van der Waals surface area contributed by atoms with Crippen molar-refractivity contribution in [1.29, 1.82) is 0 Å². The molecule has 1 aliphatic rings. The third-order valence-electron chi connectivity index (χ3n) is 4.54. The number of nitrogens with two attached hydrogens (primary N) is 1. The summed E-state index contributed by atoms with van der Waals surface area (Å²) in [7, 11) is -4.47. The van der Waals surface area contributed by atoms with Crippen LogP contribution in [-0.4, -0.2) is 29.2 Å². The number of ketones is 1. The second-order valence-corrected chi connectivity index (χ2v) is 8.36. The molecular weight excluding hydrogens is 416 g/mol. The average molecular weight is 431 g/mol. The van der Waals surface area contributed by atoms with Crippen LogP contribution in [-0.2, 0) is 10.0 Å². The zero-order valence-electron chi connectivity index (χ0n) is 15.3. The van der Waals surface area contributed by atoms with E-state index in [1.54, 1.807) is 0 Å². The van der Waals surface area contributed by atoms with Crippen molar-refractivity contribution in [3.63, 3.8) is 0 Å². The number of hydrogen-bond donors (Lipinski definition) is 2. The first kappa shape index (κ1) is 19.8. The molecule has 3 N–H and O–H groups in total. The molecule has 0 radical (unpaired) electrons. The quantitative estimate of drug-likeness (QED) is 0.574. The summed E-state index contributed by atoms with van der Waals surface area (Å²) in [5, 5.41) is 0. The molecule has 154 valence electrons.